The molecule has 188 valence electrons. The number of halogens is 4. The third kappa shape index (κ3) is 5.50. The van der Waals surface area contributed by atoms with Crippen LogP contribution in [0, 0.1) is 11.7 Å². The molecule has 0 radical (unpaired) electrons. The van der Waals surface area contributed by atoms with Crippen LogP contribution >= 0.6 is 0 Å². The quantitative estimate of drug-likeness (QED) is 0.591. The lowest BCUT2D eigenvalue weighted by Crippen LogP contribution is -2.47. The number of hydrogen-bond donors (Lipinski definition) is 1. The minimum absolute atomic E-state index is 0.0184. The minimum Gasteiger partial charge on any atom is -0.347 e. The second kappa shape index (κ2) is 9.25. The molecule has 1 saturated heterocycles. The Kier molecular flexibility index (Phi) is 6.65. The first kappa shape index (κ1) is 25.2. The lowest BCUT2D eigenvalue weighted by atomic mass is 9.99. The standard InChI is InChI=1S/C24H24F4N2O4S/c1-35(33,34)17-5-2-4-15(12-17)23(32)30-11-3-6-20(30)22(31)29-21(14-7-8-14)18-10-9-16(13-19(18)25)24(26,27)28/h2,4-5,9-10,12-14,20-21H,3,6-8,11H2,1H3,(H,29,31)/t20-,21?/m1/s1. The normalized spacial score (nSPS) is 19.5. The molecule has 6 nitrogen and oxygen atoms in total. The van der Waals surface area contributed by atoms with Gasteiger partial charge in [-0.2, -0.15) is 13.2 Å². The molecule has 1 heterocycles. The summed E-state index contributed by atoms with van der Waals surface area (Å²) in [6, 6.07) is 6.15. The highest BCUT2D eigenvalue weighted by atomic mass is 32.2. The summed E-state index contributed by atoms with van der Waals surface area (Å²) in [7, 11) is -3.53. The third-order valence-corrected chi connectivity index (χ3v) is 7.49. The molecule has 0 bridgehead atoms. The molecule has 2 aromatic rings. The van der Waals surface area contributed by atoms with E-state index in [1.807, 2.05) is 0 Å². The number of alkyl halides is 3. The fourth-order valence-electron chi connectivity index (χ4n) is 4.39. The molecular weight excluding hydrogens is 488 g/mol. The molecule has 2 amide bonds. The van der Waals surface area contributed by atoms with E-state index in [1.165, 1.54) is 29.2 Å². The number of carbonyl (C=O) groups is 2. The van der Waals surface area contributed by atoms with Crippen molar-refractivity contribution < 1.29 is 35.6 Å². The predicted molar refractivity (Wildman–Crippen MR) is 119 cm³/mol. The fraction of sp³-hybridized carbons (Fsp3) is 0.417. The molecule has 0 spiro atoms. The van der Waals surface area contributed by atoms with E-state index in [2.05, 4.69) is 5.32 Å². The van der Waals surface area contributed by atoms with Gasteiger partial charge >= 0.3 is 6.18 Å². The van der Waals surface area contributed by atoms with Crippen molar-refractivity contribution in [2.45, 2.75) is 48.8 Å². The Balaban J connectivity index is 1.54. The van der Waals surface area contributed by atoms with Gasteiger partial charge in [0, 0.05) is 23.9 Å². The van der Waals surface area contributed by atoms with Gasteiger partial charge in [0.2, 0.25) is 5.91 Å². The van der Waals surface area contributed by atoms with Gasteiger partial charge in [0.1, 0.15) is 11.9 Å². The largest absolute Gasteiger partial charge is 0.416 e. The number of nitrogens with zero attached hydrogens (tertiary/aromatic N) is 1. The summed E-state index contributed by atoms with van der Waals surface area (Å²) < 4.78 is 77.1. The summed E-state index contributed by atoms with van der Waals surface area (Å²) in [5.74, 6) is -2.18. The van der Waals surface area contributed by atoms with Crippen molar-refractivity contribution in [3.63, 3.8) is 0 Å². The van der Waals surface area contributed by atoms with Gasteiger partial charge in [0.25, 0.3) is 5.91 Å². The third-order valence-electron chi connectivity index (χ3n) is 6.38. The Labute approximate surface area is 200 Å². The van der Waals surface area contributed by atoms with Crippen molar-refractivity contribution in [3.8, 4) is 0 Å². The van der Waals surface area contributed by atoms with Crippen LogP contribution in [0.2, 0.25) is 0 Å². The molecule has 1 aliphatic heterocycles. The van der Waals surface area contributed by atoms with Crippen LogP contribution in [-0.4, -0.2) is 44.0 Å². The van der Waals surface area contributed by atoms with Crippen LogP contribution in [-0.2, 0) is 20.8 Å². The first-order chi connectivity index (χ1) is 16.4. The Morgan fingerprint density at radius 2 is 1.80 bits per heavy atom. The molecule has 1 unspecified atom stereocenters. The maximum Gasteiger partial charge on any atom is 0.416 e. The van der Waals surface area contributed by atoms with Gasteiger partial charge in [0.05, 0.1) is 16.5 Å². The molecule has 2 fully saturated rings. The summed E-state index contributed by atoms with van der Waals surface area (Å²) >= 11 is 0. The van der Waals surface area contributed by atoms with Crippen LogP contribution in [0.5, 0.6) is 0 Å². The first-order valence-electron chi connectivity index (χ1n) is 11.1. The van der Waals surface area contributed by atoms with Crippen molar-refractivity contribution in [1.82, 2.24) is 10.2 Å². The predicted octanol–water partition coefficient (Wildman–Crippen LogP) is 4.12. The van der Waals surface area contributed by atoms with Crippen LogP contribution in [0.3, 0.4) is 0 Å². The molecule has 4 rings (SSSR count). The molecule has 1 saturated carbocycles. The van der Waals surface area contributed by atoms with Gasteiger partial charge in [0.15, 0.2) is 9.84 Å². The van der Waals surface area contributed by atoms with Crippen LogP contribution in [0.1, 0.15) is 53.2 Å². The average Bonchev–Trinajstić information content (AvgIpc) is 3.51. The van der Waals surface area contributed by atoms with E-state index in [0.29, 0.717) is 31.7 Å². The number of rotatable bonds is 6. The van der Waals surface area contributed by atoms with Gasteiger partial charge in [-0.15, -0.1) is 0 Å². The highest BCUT2D eigenvalue weighted by Crippen LogP contribution is 2.43. The first-order valence-corrected chi connectivity index (χ1v) is 13.0. The smallest absolute Gasteiger partial charge is 0.347 e. The number of benzene rings is 2. The molecule has 1 aliphatic carbocycles. The van der Waals surface area contributed by atoms with E-state index in [-0.39, 0.29) is 28.5 Å². The zero-order chi connectivity index (χ0) is 25.5. The number of sulfone groups is 1. The summed E-state index contributed by atoms with van der Waals surface area (Å²) in [5.41, 5.74) is -1.01. The number of carbonyl (C=O) groups excluding carboxylic acids is 2. The summed E-state index contributed by atoms with van der Waals surface area (Å²) in [6.07, 6.45) is -1.37. The molecule has 11 heteroatoms. The Hall–Kier alpha value is -2.95. The van der Waals surface area contributed by atoms with E-state index < -0.39 is 51.3 Å². The Morgan fingerprint density at radius 1 is 1.09 bits per heavy atom. The lowest BCUT2D eigenvalue weighted by Gasteiger charge is -2.27. The van der Waals surface area contributed by atoms with Crippen molar-refractivity contribution >= 4 is 21.7 Å². The molecular formula is C24H24F4N2O4S. The van der Waals surface area contributed by atoms with Crippen molar-refractivity contribution in [1.29, 1.82) is 0 Å². The van der Waals surface area contributed by atoms with Crippen molar-refractivity contribution in [3.05, 3.63) is 65.0 Å². The monoisotopic (exact) mass is 512 g/mol. The minimum atomic E-state index is -4.68. The van der Waals surface area contributed by atoms with E-state index in [0.717, 1.165) is 18.4 Å². The van der Waals surface area contributed by atoms with E-state index in [1.54, 1.807) is 0 Å². The molecule has 1 N–H and O–H groups in total. The van der Waals surface area contributed by atoms with Crippen LogP contribution in [0.25, 0.3) is 0 Å². The molecule has 0 aromatic heterocycles. The second-order valence-corrected chi connectivity index (χ2v) is 11.0. The summed E-state index contributed by atoms with van der Waals surface area (Å²) in [5, 5.41) is 2.76. The molecule has 35 heavy (non-hydrogen) atoms. The summed E-state index contributed by atoms with van der Waals surface area (Å²) in [4.78, 5) is 27.6. The van der Waals surface area contributed by atoms with Crippen molar-refractivity contribution in [2.24, 2.45) is 5.92 Å². The lowest BCUT2D eigenvalue weighted by molar-refractivity contribution is -0.137. The molecule has 2 aliphatic rings. The van der Waals surface area contributed by atoms with Gasteiger partial charge in [-0.3, -0.25) is 9.59 Å². The van der Waals surface area contributed by atoms with E-state index in [9.17, 15) is 35.6 Å². The summed E-state index contributed by atoms with van der Waals surface area (Å²) in [6.45, 7) is 0.281. The van der Waals surface area contributed by atoms with Gasteiger partial charge < -0.3 is 10.2 Å². The van der Waals surface area contributed by atoms with Crippen LogP contribution < -0.4 is 5.32 Å². The van der Waals surface area contributed by atoms with Crippen LogP contribution in [0.4, 0.5) is 17.6 Å². The SMILES string of the molecule is CS(=O)(=O)c1cccc(C(=O)N2CCC[C@@H]2C(=O)NC(c2ccc(C(F)(F)F)cc2F)C2CC2)c1. The maximum atomic E-state index is 14.6. The van der Waals surface area contributed by atoms with E-state index in [4.69, 9.17) is 0 Å². The van der Waals surface area contributed by atoms with Crippen LogP contribution in [0.15, 0.2) is 47.4 Å². The van der Waals surface area contributed by atoms with Gasteiger partial charge in [-0.1, -0.05) is 12.1 Å². The highest BCUT2D eigenvalue weighted by Gasteiger charge is 2.40. The average molecular weight is 513 g/mol. The molecule has 2 aromatic carbocycles. The highest BCUT2D eigenvalue weighted by molar-refractivity contribution is 7.90. The Bertz CT molecular complexity index is 1260. The van der Waals surface area contributed by atoms with Crippen molar-refractivity contribution in [2.75, 3.05) is 12.8 Å². The maximum absolute atomic E-state index is 14.6. The number of amides is 2. The number of likely N-dealkylation sites (tertiary alicyclic amines) is 1. The van der Waals surface area contributed by atoms with E-state index >= 15 is 0 Å². The number of nitrogens with one attached hydrogen (secondary N) is 1. The van der Waals surface area contributed by atoms with Gasteiger partial charge in [-0.05, 0) is 61.9 Å². The fourth-order valence-corrected chi connectivity index (χ4v) is 5.06. The second-order valence-electron chi connectivity index (χ2n) is 9.01. The van der Waals surface area contributed by atoms with Gasteiger partial charge in [-0.25, -0.2) is 12.8 Å². The topological polar surface area (TPSA) is 83.6 Å². The molecule has 2 atom stereocenters. The zero-order valence-electron chi connectivity index (χ0n) is 18.8. The number of hydrogen-bond acceptors (Lipinski definition) is 4. The zero-order valence-corrected chi connectivity index (χ0v) is 19.6. The Morgan fingerprint density at radius 3 is 2.40 bits per heavy atom.